The first-order valence-electron chi connectivity index (χ1n) is 9.94. The highest BCUT2D eigenvalue weighted by Gasteiger charge is 2.23. The fourth-order valence-electron chi connectivity index (χ4n) is 3.47. The third-order valence-electron chi connectivity index (χ3n) is 5.12. The highest BCUT2D eigenvalue weighted by Crippen LogP contribution is 2.28. The standard InChI is InChI=1S/C22H25N3O5/c1-23(15-17-8-4-2-5-9-17)21(26)16-30-22(27)19-14-18(25(28)29)10-11-20(19)24-12-6-3-7-13-24/h2,4-5,8-11,14H,3,6-7,12-13,15-16H2,1H3. The normalized spacial score (nSPS) is 13.6. The molecule has 0 N–H and O–H groups in total. The van der Waals surface area contributed by atoms with Crippen molar-refractivity contribution in [2.45, 2.75) is 25.8 Å². The van der Waals surface area contributed by atoms with E-state index < -0.39 is 17.5 Å². The zero-order valence-corrected chi connectivity index (χ0v) is 17.0. The Morgan fingerprint density at radius 1 is 1.10 bits per heavy atom. The second-order valence-electron chi connectivity index (χ2n) is 7.32. The lowest BCUT2D eigenvalue weighted by Crippen LogP contribution is -2.32. The Kier molecular flexibility index (Phi) is 7.00. The lowest BCUT2D eigenvalue weighted by molar-refractivity contribution is -0.384. The number of non-ortho nitro benzene ring substituents is 1. The van der Waals surface area contributed by atoms with Gasteiger partial charge in [-0.3, -0.25) is 14.9 Å². The number of likely N-dealkylation sites (N-methyl/N-ethyl adjacent to an activating group) is 1. The number of nitrogens with zero attached hydrogens (tertiary/aromatic N) is 3. The number of hydrogen-bond acceptors (Lipinski definition) is 6. The summed E-state index contributed by atoms with van der Waals surface area (Å²) in [6.45, 7) is 1.52. The number of rotatable bonds is 7. The minimum atomic E-state index is -0.735. The van der Waals surface area contributed by atoms with Crippen molar-refractivity contribution in [1.82, 2.24) is 4.90 Å². The van der Waals surface area contributed by atoms with Gasteiger partial charge in [-0.05, 0) is 30.9 Å². The zero-order chi connectivity index (χ0) is 21.5. The number of nitro benzene ring substituents is 1. The van der Waals surface area contributed by atoms with Gasteiger partial charge in [0.15, 0.2) is 6.61 Å². The number of nitro groups is 1. The molecule has 1 amide bonds. The van der Waals surface area contributed by atoms with Crippen LogP contribution in [-0.2, 0) is 16.1 Å². The van der Waals surface area contributed by atoms with Gasteiger partial charge in [0.05, 0.1) is 16.2 Å². The molecule has 8 heteroatoms. The van der Waals surface area contributed by atoms with Crippen LogP contribution in [0.1, 0.15) is 35.2 Å². The van der Waals surface area contributed by atoms with Crippen LogP contribution in [0.15, 0.2) is 48.5 Å². The van der Waals surface area contributed by atoms with Gasteiger partial charge < -0.3 is 14.5 Å². The molecular weight excluding hydrogens is 386 g/mol. The summed E-state index contributed by atoms with van der Waals surface area (Å²) >= 11 is 0. The first-order valence-corrected chi connectivity index (χ1v) is 9.94. The molecule has 0 saturated carbocycles. The molecule has 1 aliphatic heterocycles. The highest BCUT2D eigenvalue weighted by molar-refractivity contribution is 5.97. The number of benzene rings is 2. The Balaban J connectivity index is 1.69. The van der Waals surface area contributed by atoms with Crippen LogP contribution in [-0.4, -0.2) is 48.4 Å². The number of amides is 1. The smallest absolute Gasteiger partial charge is 0.341 e. The summed E-state index contributed by atoms with van der Waals surface area (Å²) < 4.78 is 5.24. The van der Waals surface area contributed by atoms with Gasteiger partial charge in [0, 0.05) is 38.8 Å². The van der Waals surface area contributed by atoms with Crippen molar-refractivity contribution in [2.75, 3.05) is 31.6 Å². The van der Waals surface area contributed by atoms with Crippen LogP contribution >= 0.6 is 0 Å². The van der Waals surface area contributed by atoms with E-state index in [1.807, 2.05) is 35.2 Å². The summed E-state index contributed by atoms with van der Waals surface area (Å²) in [5.41, 5.74) is 1.50. The quantitative estimate of drug-likeness (QED) is 0.394. The first kappa shape index (κ1) is 21.3. The number of carbonyl (C=O) groups is 2. The molecular formula is C22H25N3O5. The monoisotopic (exact) mass is 411 g/mol. The van der Waals surface area contributed by atoms with Crippen molar-refractivity contribution < 1.29 is 19.2 Å². The number of hydrogen-bond donors (Lipinski definition) is 0. The molecule has 158 valence electrons. The van der Waals surface area contributed by atoms with Gasteiger partial charge in [-0.25, -0.2) is 4.79 Å². The summed E-state index contributed by atoms with van der Waals surface area (Å²) in [5.74, 6) is -1.09. The average molecular weight is 411 g/mol. The molecule has 2 aromatic carbocycles. The van der Waals surface area contributed by atoms with Crippen molar-refractivity contribution in [2.24, 2.45) is 0 Å². The van der Waals surface area contributed by atoms with Crippen LogP contribution in [0.25, 0.3) is 0 Å². The molecule has 0 radical (unpaired) electrons. The third-order valence-corrected chi connectivity index (χ3v) is 5.12. The van der Waals surface area contributed by atoms with Crippen LogP contribution in [0.5, 0.6) is 0 Å². The molecule has 8 nitrogen and oxygen atoms in total. The average Bonchev–Trinajstić information content (AvgIpc) is 2.78. The number of esters is 1. The van der Waals surface area contributed by atoms with E-state index in [-0.39, 0.29) is 17.2 Å². The van der Waals surface area contributed by atoms with Crippen LogP contribution in [0.3, 0.4) is 0 Å². The van der Waals surface area contributed by atoms with E-state index >= 15 is 0 Å². The number of piperidine rings is 1. The van der Waals surface area contributed by atoms with Crippen LogP contribution < -0.4 is 4.90 Å². The van der Waals surface area contributed by atoms with Gasteiger partial charge in [-0.1, -0.05) is 30.3 Å². The molecule has 3 rings (SSSR count). The molecule has 1 saturated heterocycles. The molecule has 0 aromatic heterocycles. The van der Waals surface area contributed by atoms with Crippen molar-refractivity contribution in [1.29, 1.82) is 0 Å². The zero-order valence-electron chi connectivity index (χ0n) is 17.0. The van der Waals surface area contributed by atoms with Gasteiger partial charge in [0.25, 0.3) is 11.6 Å². The first-order chi connectivity index (χ1) is 14.5. The Bertz CT molecular complexity index is 910. The van der Waals surface area contributed by atoms with Crippen molar-refractivity contribution in [3.63, 3.8) is 0 Å². The molecule has 1 fully saturated rings. The maximum absolute atomic E-state index is 12.7. The van der Waals surface area contributed by atoms with Crippen LogP contribution in [0.4, 0.5) is 11.4 Å². The van der Waals surface area contributed by atoms with Crippen molar-refractivity contribution >= 4 is 23.3 Å². The number of anilines is 1. The molecule has 0 bridgehead atoms. The van der Waals surface area contributed by atoms with Gasteiger partial charge in [0.1, 0.15) is 0 Å². The predicted octanol–water partition coefficient (Wildman–Crippen LogP) is 3.40. The maximum Gasteiger partial charge on any atom is 0.341 e. The Labute approximate surface area is 175 Å². The van der Waals surface area contributed by atoms with E-state index in [1.165, 1.54) is 17.0 Å². The number of carbonyl (C=O) groups excluding carboxylic acids is 2. The van der Waals surface area contributed by atoms with E-state index in [0.29, 0.717) is 12.2 Å². The predicted molar refractivity (Wildman–Crippen MR) is 112 cm³/mol. The van der Waals surface area contributed by atoms with E-state index in [2.05, 4.69) is 0 Å². The lowest BCUT2D eigenvalue weighted by Gasteiger charge is -2.30. The molecule has 1 heterocycles. The van der Waals surface area contributed by atoms with E-state index in [4.69, 9.17) is 4.74 Å². The SMILES string of the molecule is CN(Cc1ccccc1)C(=O)COC(=O)c1cc([N+](=O)[O-])ccc1N1CCCCC1. The molecule has 30 heavy (non-hydrogen) atoms. The Morgan fingerprint density at radius 2 is 1.80 bits per heavy atom. The third kappa shape index (κ3) is 5.34. The second-order valence-corrected chi connectivity index (χ2v) is 7.32. The molecule has 0 spiro atoms. The minimum Gasteiger partial charge on any atom is -0.452 e. The Hall–Kier alpha value is -3.42. The highest BCUT2D eigenvalue weighted by atomic mass is 16.6. The van der Waals surface area contributed by atoms with E-state index in [0.717, 1.165) is 37.9 Å². The topological polar surface area (TPSA) is 93.0 Å². The fourth-order valence-corrected chi connectivity index (χ4v) is 3.47. The van der Waals surface area contributed by atoms with Gasteiger partial charge >= 0.3 is 5.97 Å². The molecule has 0 unspecified atom stereocenters. The van der Waals surface area contributed by atoms with Crippen molar-refractivity contribution in [3.05, 3.63) is 69.8 Å². The van der Waals surface area contributed by atoms with E-state index in [1.54, 1.807) is 13.1 Å². The van der Waals surface area contributed by atoms with Crippen molar-refractivity contribution in [3.8, 4) is 0 Å². The van der Waals surface area contributed by atoms with E-state index in [9.17, 15) is 19.7 Å². The summed E-state index contributed by atoms with van der Waals surface area (Å²) in [4.78, 5) is 39.2. The fraction of sp³-hybridized carbons (Fsp3) is 0.364. The van der Waals surface area contributed by atoms with Gasteiger partial charge in [0.2, 0.25) is 0 Å². The summed E-state index contributed by atoms with van der Waals surface area (Å²) in [5, 5.41) is 11.2. The summed E-state index contributed by atoms with van der Waals surface area (Å²) in [7, 11) is 1.63. The maximum atomic E-state index is 12.7. The summed E-state index contributed by atoms with van der Waals surface area (Å²) in [6, 6.07) is 13.7. The largest absolute Gasteiger partial charge is 0.452 e. The van der Waals surface area contributed by atoms with Crippen LogP contribution in [0.2, 0.25) is 0 Å². The Morgan fingerprint density at radius 3 is 2.47 bits per heavy atom. The number of ether oxygens (including phenoxy) is 1. The lowest BCUT2D eigenvalue weighted by atomic mass is 10.1. The molecule has 1 aliphatic rings. The molecule has 0 atom stereocenters. The minimum absolute atomic E-state index is 0.115. The van der Waals surface area contributed by atoms with Crippen LogP contribution in [0, 0.1) is 10.1 Å². The second kappa shape index (κ2) is 9.87. The summed E-state index contributed by atoms with van der Waals surface area (Å²) in [6.07, 6.45) is 3.11. The van der Waals surface area contributed by atoms with Gasteiger partial charge in [-0.15, -0.1) is 0 Å². The molecule has 0 aliphatic carbocycles. The van der Waals surface area contributed by atoms with Gasteiger partial charge in [-0.2, -0.15) is 0 Å². The molecule has 2 aromatic rings.